The third kappa shape index (κ3) is 2.38. The summed E-state index contributed by atoms with van der Waals surface area (Å²) in [5, 5.41) is 8.87. The highest BCUT2D eigenvalue weighted by atomic mass is 32.2. The van der Waals surface area contributed by atoms with E-state index in [1.165, 1.54) is 6.26 Å². The van der Waals surface area contributed by atoms with E-state index in [-0.39, 0.29) is 6.61 Å². The van der Waals surface area contributed by atoms with Gasteiger partial charge in [-0.25, -0.2) is 8.42 Å². The Hall–Kier alpha value is -0.870. The fraction of sp³-hybridized carbons (Fsp3) is 0.455. The van der Waals surface area contributed by atoms with Crippen LogP contribution >= 0.6 is 0 Å². The zero-order valence-electron chi connectivity index (χ0n) is 9.19. The molecule has 0 aromatic heterocycles. The Morgan fingerprint density at radius 2 is 1.67 bits per heavy atom. The van der Waals surface area contributed by atoms with Crippen molar-refractivity contribution in [3.05, 3.63) is 35.4 Å². The van der Waals surface area contributed by atoms with Crippen LogP contribution < -0.4 is 0 Å². The van der Waals surface area contributed by atoms with Crippen LogP contribution in [0.3, 0.4) is 0 Å². The molecule has 0 saturated carbocycles. The Labute approximate surface area is 90.7 Å². The van der Waals surface area contributed by atoms with Crippen molar-refractivity contribution in [1.82, 2.24) is 0 Å². The first-order chi connectivity index (χ1) is 6.79. The molecule has 0 bridgehead atoms. The molecular weight excluding hydrogens is 212 g/mol. The van der Waals surface area contributed by atoms with Gasteiger partial charge in [0.2, 0.25) is 0 Å². The van der Waals surface area contributed by atoms with E-state index in [2.05, 4.69) is 0 Å². The molecule has 15 heavy (non-hydrogen) atoms. The highest BCUT2D eigenvalue weighted by Gasteiger charge is 2.31. The van der Waals surface area contributed by atoms with Crippen LogP contribution in [-0.2, 0) is 21.2 Å². The molecule has 4 heteroatoms. The smallest absolute Gasteiger partial charge is 0.156 e. The molecule has 1 rings (SSSR count). The van der Waals surface area contributed by atoms with Crippen LogP contribution in [0, 0.1) is 0 Å². The monoisotopic (exact) mass is 228 g/mol. The molecule has 1 aromatic rings. The van der Waals surface area contributed by atoms with Gasteiger partial charge in [-0.2, -0.15) is 0 Å². The minimum Gasteiger partial charge on any atom is -0.392 e. The first kappa shape index (κ1) is 12.2. The largest absolute Gasteiger partial charge is 0.392 e. The van der Waals surface area contributed by atoms with Gasteiger partial charge in [0.25, 0.3) is 0 Å². The van der Waals surface area contributed by atoms with Crippen LogP contribution in [0.5, 0.6) is 0 Å². The van der Waals surface area contributed by atoms with Crippen molar-refractivity contribution in [2.45, 2.75) is 25.2 Å². The molecule has 0 radical (unpaired) electrons. The normalized spacial score (nSPS) is 12.8. The Morgan fingerprint density at radius 1 is 1.20 bits per heavy atom. The highest BCUT2D eigenvalue weighted by Crippen LogP contribution is 2.28. The van der Waals surface area contributed by atoms with Crippen molar-refractivity contribution in [2.24, 2.45) is 0 Å². The molecule has 0 amide bonds. The fourth-order valence-electron chi connectivity index (χ4n) is 1.23. The zero-order chi connectivity index (χ0) is 11.7. The van der Waals surface area contributed by atoms with E-state index in [1.54, 1.807) is 38.1 Å². The molecule has 1 aromatic carbocycles. The second-order valence-electron chi connectivity index (χ2n) is 4.14. The lowest BCUT2D eigenvalue weighted by Gasteiger charge is -2.23. The maximum Gasteiger partial charge on any atom is 0.156 e. The van der Waals surface area contributed by atoms with Crippen molar-refractivity contribution in [3.8, 4) is 0 Å². The van der Waals surface area contributed by atoms with Crippen LogP contribution in [0.15, 0.2) is 24.3 Å². The molecule has 0 aliphatic heterocycles. The Morgan fingerprint density at radius 3 is 2.00 bits per heavy atom. The van der Waals surface area contributed by atoms with Crippen LogP contribution in [0.25, 0.3) is 0 Å². The van der Waals surface area contributed by atoms with Crippen molar-refractivity contribution in [2.75, 3.05) is 6.26 Å². The van der Waals surface area contributed by atoms with Gasteiger partial charge in [0, 0.05) is 6.26 Å². The number of hydrogen-bond donors (Lipinski definition) is 1. The van der Waals surface area contributed by atoms with Crippen molar-refractivity contribution in [1.29, 1.82) is 0 Å². The van der Waals surface area contributed by atoms with Gasteiger partial charge in [0.05, 0.1) is 11.4 Å². The first-order valence-electron chi connectivity index (χ1n) is 4.69. The van der Waals surface area contributed by atoms with Gasteiger partial charge in [0.1, 0.15) is 0 Å². The average molecular weight is 228 g/mol. The SMILES string of the molecule is CC(C)(c1ccc(CO)cc1)S(C)(=O)=O. The number of aliphatic hydroxyl groups is 1. The van der Waals surface area contributed by atoms with Gasteiger partial charge >= 0.3 is 0 Å². The standard InChI is InChI=1S/C11H16O3S/c1-11(2,15(3,13)14)10-6-4-9(8-12)5-7-10/h4-7,12H,8H2,1-3H3. The van der Waals surface area contributed by atoms with E-state index in [0.717, 1.165) is 11.1 Å². The molecule has 0 unspecified atom stereocenters. The van der Waals surface area contributed by atoms with E-state index in [0.29, 0.717) is 0 Å². The van der Waals surface area contributed by atoms with Gasteiger partial charge < -0.3 is 5.11 Å². The lowest BCUT2D eigenvalue weighted by atomic mass is 10.0. The quantitative estimate of drug-likeness (QED) is 0.852. The molecule has 3 nitrogen and oxygen atoms in total. The number of benzene rings is 1. The molecule has 0 heterocycles. The fourth-order valence-corrected chi connectivity index (χ4v) is 1.79. The maximum atomic E-state index is 11.6. The molecule has 1 N–H and O–H groups in total. The molecule has 0 spiro atoms. The van der Waals surface area contributed by atoms with Crippen LogP contribution in [0.2, 0.25) is 0 Å². The summed E-state index contributed by atoms with van der Waals surface area (Å²) in [4.78, 5) is 0. The van der Waals surface area contributed by atoms with Gasteiger partial charge in [0.15, 0.2) is 9.84 Å². The summed E-state index contributed by atoms with van der Waals surface area (Å²) < 4.78 is 22.2. The highest BCUT2D eigenvalue weighted by molar-refractivity contribution is 7.91. The molecule has 0 aliphatic carbocycles. The third-order valence-electron chi connectivity index (χ3n) is 2.76. The summed E-state index contributed by atoms with van der Waals surface area (Å²) in [6.07, 6.45) is 1.23. The summed E-state index contributed by atoms with van der Waals surface area (Å²) in [5.41, 5.74) is 1.52. The zero-order valence-corrected chi connectivity index (χ0v) is 10.0. The number of rotatable bonds is 3. The molecule has 0 atom stereocenters. The van der Waals surface area contributed by atoms with Gasteiger partial charge in [-0.1, -0.05) is 24.3 Å². The van der Waals surface area contributed by atoms with Crippen LogP contribution in [-0.4, -0.2) is 19.8 Å². The van der Waals surface area contributed by atoms with Gasteiger partial charge in [-0.3, -0.25) is 0 Å². The predicted octanol–water partition coefficient (Wildman–Crippen LogP) is 1.46. The van der Waals surface area contributed by atoms with Crippen LogP contribution in [0.4, 0.5) is 0 Å². The minimum atomic E-state index is -3.14. The summed E-state index contributed by atoms with van der Waals surface area (Å²) in [5.74, 6) is 0. The number of sulfone groups is 1. The van der Waals surface area contributed by atoms with Gasteiger partial charge in [-0.05, 0) is 25.0 Å². The van der Waals surface area contributed by atoms with Gasteiger partial charge in [-0.15, -0.1) is 0 Å². The summed E-state index contributed by atoms with van der Waals surface area (Å²) >= 11 is 0. The summed E-state index contributed by atoms with van der Waals surface area (Å²) in [7, 11) is -3.14. The average Bonchev–Trinajstić information content (AvgIpc) is 2.16. The molecule has 0 aliphatic rings. The number of aliphatic hydroxyl groups excluding tert-OH is 1. The van der Waals surface area contributed by atoms with E-state index in [9.17, 15) is 8.42 Å². The van der Waals surface area contributed by atoms with E-state index in [4.69, 9.17) is 5.11 Å². The molecule has 0 saturated heterocycles. The van der Waals surface area contributed by atoms with Crippen LogP contribution in [0.1, 0.15) is 25.0 Å². The molecule has 0 fully saturated rings. The second kappa shape index (κ2) is 3.94. The van der Waals surface area contributed by atoms with E-state index in [1.807, 2.05) is 0 Å². The van der Waals surface area contributed by atoms with Crippen molar-refractivity contribution in [3.63, 3.8) is 0 Å². The van der Waals surface area contributed by atoms with Crippen molar-refractivity contribution < 1.29 is 13.5 Å². The Bertz CT molecular complexity index is 429. The Balaban J connectivity index is 3.17. The second-order valence-corrected chi connectivity index (χ2v) is 6.70. The molecule has 84 valence electrons. The lowest BCUT2D eigenvalue weighted by Crippen LogP contribution is -2.27. The summed E-state index contributed by atoms with van der Waals surface area (Å²) in [6, 6.07) is 6.96. The Kier molecular flexibility index (Phi) is 3.21. The third-order valence-corrected chi connectivity index (χ3v) is 4.85. The van der Waals surface area contributed by atoms with Crippen molar-refractivity contribution >= 4 is 9.84 Å². The summed E-state index contributed by atoms with van der Waals surface area (Å²) in [6.45, 7) is 3.33. The minimum absolute atomic E-state index is 0.0282. The number of hydrogen-bond acceptors (Lipinski definition) is 3. The maximum absolute atomic E-state index is 11.6. The lowest BCUT2D eigenvalue weighted by molar-refractivity contribution is 0.282. The predicted molar refractivity (Wildman–Crippen MR) is 60.2 cm³/mol. The molecular formula is C11H16O3S. The first-order valence-corrected chi connectivity index (χ1v) is 6.58. The van der Waals surface area contributed by atoms with E-state index >= 15 is 0 Å². The van der Waals surface area contributed by atoms with E-state index < -0.39 is 14.6 Å². The topological polar surface area (TPSA) is 54.4 Å².